The van der Waals surface area contributed by atoms with Crippen molar-refractivity contribution in [3.05, 3.63) is 29.3 Å². The van der Waals surface area contributed by atoms with Gasteiger partial charge in [0.15, 0.2) is 0 Å². The highest BCUT2D eigenvalue weighted by atomic mass is 16.5. The third-order valence-corrected chi connectivity index (χ3v) is 2.18. The first kappa shape index (κ1) is 12.1. The zero-order valence-electron chi connectivity index (χ0n) is 9.19. The smallest absolute Gasteiger partial charge is 0.303 e. The third kappa shape index (κ3) is 3.66. The third-order valence-electron chi connectivity index (χ3n) is 2.18. The number of hydrogen-bond acceptors (Lipinski definition) is 2. The highest BCUT2D eigenvalue weighted by Gasteiger charge is 2.03. The number of aryl methyl sites for hydroxylation is 2. The van der Waals surface area contributed by atoms with Crippen molar-refractivity contribution >= 4 is 5.97 Å². The lowest BCUT2D eigenvalue weighted by Crippen LogP contribution is -1.99. The zero-order valence-corrected chi connectivity index (χ0v) is 9.19. The Labute approximate surface area is 95.1 Å². The van der Waals surface area contributed by atoms with Crippen LogP contribution >= 0.6 is 0 Å². The number of ether oxygens (including phenoxy) is 1. The van der Waals surface area contributed by atoms with E-state index in [9.17, 15) is 4.79 Å². The fourth-order valence-electron chi connectivity index (χ4n) is 1.40. The second kappa shape index (κ2) is 5.82. The van der Waals surface area contributed by atoms with E-state index in [0.29, 0.717) is 6.42 Å². The average Bonchev–Trinajstić information content (AvgIpc) is 2.25. The Morgan fingerprint density at radius 2 is 2.31 bits per heavy atom. The van der Waals surface area contributed by atoms with Crippen molar-refractivity contribution in [3.63, 3.8) is 0 Å². The molecule has 84 valence electrons. The normalized spacial score (nSPS) is 9.50. The van der Waals surface area contributed by atoms with E-state index in [1.807, 2.05) is 25.1 Å². The second-order valence-corrected chi connectivity index (χ2v) is 3.49. The minimum Gasteiger partial charge on any atom is -0.481 e. The number of aliphatic carboxylic acids is 1. The van der Waals surface area contributed by atoms with E-state index in [0.717, 1.165) is 16.9 Å². The standard InChI is InChI=1S/C13H14O3/c1-3-8-16-12-6-4-11(9-10(12)2)5-7-13(14)15/h1,4,6,9H,5,7-8H2,2H3,(H,14,15). The van der Waals surface area contributed by atoms with E-state index in [1.54, 1.807) is 0 Å². The minimum absolute atomic E-state index is 0.143. The predicted molar refractivity (Wildman–Crippen MR) is 61.5 cm³/mol. The number of rotatable bonds is 5. The first-order chi connectivity index (χ1) is 7.63. The molecule has 0 saturated carbocycles. The first-order valence-electron chi connectivity index (χ1n) is 5.01. The SMILES string of the molecule is C#CCOc1ccc(CCC(=O)O)cc1C. The van der Waals surface area contributed by atoms with Crippen molar-refractivity contribution in [2.24, 2.45) is 0 Å². The maximum absolute atomic E-state index is 10.4. The van der Waals surface area contributed by atoms with Crippen molar-refractivity contribution in [3.8, 4) is 18.1 Å². The van der Waals surface area contributed by atoms with Gasteiger partial charge in [0.2, 0.25) is 0 Å². The van der Waals surface area contributed by atoms with E-state index < -0.39 is 5.97 Å². The van der Waals surface area contributed by atoms with Crippen LogP contribution in [0.4, 0.5) is 0 Å². The molecule has 1 aromatic carbocycles. The van der Waals surface area contributed by atoms with Gasteiger partial charge in [-0.15, -0.1) is 6.42 Å². The molecular formula is C13H14O3. The van der Waals surface area contributed by atoms with Crippen LogP contribution in [0.2, 0.25) is 0 Å². The summed E-state index contributed by atoms with van der Waals surface area (Å²) in [4.78, 5) is 10.4. The van der Waals surface area contributed by atoms with Gasteiger partial charge in [-0.05, 0) is 30.5 Å². The molecule has 0 aliphatic heterocycles. The molecule has 0 saturated heterocycles. The molecule has 0 aliphatic rings. The molecule has 0 unspecified atom stereocenters. The lowest BCUT2D eigenvalue weighted by molar-refractivity contribution is -0.136. The maximum Gasteiger partial charge on any atom is 0.303 e. The molecule has 3 heteroatoms. The van der Waals surface area contributed by atoms with Crippen LogP contribution < -0.4 is 4.74 Å². The van der Waals surface area contributed by atoms with Crippen LogP contribution in [0.25, 0.3) is 0 Å². The van der Waals surface area contributed by atoms with Gasteiger partial charge in [-0.1, -0.05) is 18.1 Å². The average molecular weight is 218 g/mol. The number of hydrogen-bond donors (Lipinski definition) is 1. The van der Waals surface area contributed by atoms with E-state index >= 15 is 0 Å². The summed E-state index contributed by atoms with van der Waals surface area (Å²) in [6.45, 7) is 2.16. The highest BCUT2D eigenvalue weighted by Crippen LogP contribution is 2.19. The monoisotopic (exact) mass is 218 g/mol. The van der Waals surface area contributed by atoms with Crippen LogP contribution in [0, 0.1) is 19.3 Å². The fraction of sp³-hybridized carbons (Fsp3) is 0.308. The molecular weight excluding hydrogens is 204 g/mol. The van der Waals surface area contributed by atoms with Gasteiger partial charge in [-0.25, -0.2) is 0 Å². The summed E-state index contributed by atoms with van der Waals surface area (Å²) in [7, 11) is 0. The molecule has 0 aromatic heterocycles. The molecule has 3 nitrogen and oxygen atoms in total. The minimum atomic E-state index is -0.787. The van der Waals surface area contributed by atoms with Gasteiger partial charge in [0, 0.05) is 6.42 Å². The largest absolute Gasteiger partial charge is 0.481 e. The quantitative estimate of drug-likeness (QED) is 0.769. The van der Waals surface area contributed by atoms with Gasteiger partial charge in [0.1, 0.15) is 12.4 Å². The highest BCUT2D eigenvalue weighted by molar-refractivity contribution is 5.67. The summed E-state index contributed by atoms with van der Waals surface area (Å²) in [5.41, 5.74) is 1.96. The molecule has 1 aromatic rings. The molecule has 0 spiro atoms. The summed E-state index contributed by atoms with van der Waals surface area (Å²) >= 11 is 0. The Morgan fingerprint density at radius 1 is 1.56 bits per heavy atom. The lowest BCUT2D eigenvalue weighted by atomic mass is 10.1. The molecule has 1 N–H and O–H groups in total. The number of carboxylic acid groups (broad SMARTS) is 1. The number of benzene rings is 1. The molecule has 0 radical (unpaired) electrons. The molecule has 0 amide bonds. The van der Waals surface area contributed by atoms with Crippen LogP contribution in [-0.4, -0.2) is 17.7 Å². The maximum atomic E-state index is 10.4. The van der Waals surface area contributed by atoms with E-state index in [1.165, 1.54) is 0 Å². The second-order valence-electron chi connectivity index (χ2n) is 3.49. The van der Waals surface area contributed by atoms with Crippen LogP contribution in [-0.2, 0) is 11.2 Å². The van der Waals surface area contributed by atoms with E-state index in [2.05, 4.69) is 5.92 Å². The molecule has 0 bridgehead atoms. The number of carbonyl (C=O) groups is 1. The van der Waals surface area contributed by atoms with Crippen LogP contribution in [0.5, 0.6) is 5.75 Å². The van der Waals surface area contributed by atoms with Crippen molar-refractivity contribution in [1.82, 2.24) is 0 Å². The van der Waals surface area contributed by atoms with E-state index in [-0.39, 0.29) is 13.0 Å². The Bertz CT molecular complexity index is 416. The molecule has 0 heterocycles. The van der Waals surface area contributed by atoms with Crippen molar-refractivity contribution in [1.29, 1.82) is 0 Å². The predicted octanol–water partition coefficient (Wildman–Crippen LogP) is 2.02. The van der Waals surface area contributed by atoms with E-state index in [4.69, 9.17) is 16.3 Å². The van der Waals surface area contributed by atoms with Gasteiger partial charge in [0.05, 0.1) is 0 Å². The molecule has 1 rings (SSSR count). The van der Waals surface area contributed by atoms with Gasteiger partial charge in [0.25, 0.3) is 0 Å². The molecule has 0 atom stereocenters. The fourth-order valence-corrected chi connectivity index (χ4v) is 1.40. The number of carboxylic acids is 1. The topological polar surface area (TPSA) is 46.5 Å². The van der Waals surface area contributed by atoms with Gasteiger partial charge < -0.3 is 9.84 Å². The van der Waals surface area contributed by atoms with Crippen LogP contribution in [0.1, 0.15) is 17.5 Å². The van der Waals surface area contributed by atoms with Gasteiger partial charge in [-0.2, -0.15) is 0 Å². The van der Waals surface area contributed by atoms with Crippen molar-refractivity contribution in [2.45, 2.75) is 19.8 Å². The Balaban J connectivity index is 2.67. The summed E-state index contributed by atoms with van der Waals surface area (Å²) in [5.74, 6) is 2.36. The molecule has 0 fully saturated rings. The Kier molecular flexibility index (Phi) is 4.41. The van der Waals surface area contributed by atoms with Gasteiger partial charge >= 0.3 is 5.97 Å². The summed E-state index contributed by atoms with van der Waals surface area (Å²) in [6, 6.07) is 5.61. The summed E-state index contributed by atoms with van der Waals surface area (Å²) < 4.78 is 5.31. The lowest BCUT2D eigenvalue weighted by Gasteiger charge is -2.08. The number of terminal acetylenes is 1. The summed E-state index contributed by atoms with van der Waals surface area (Å²) in [6.07, 6.45) is 5.77. The Hall–Kier alpha value is -1.95. The Morgan fingerprint density at radius 3 is 2.88 bits per heavy atom. The van der Waals surface area contributed by atoms with Gasteiger partial charge in [-0.3, -0.25) is 4.79 Å². The van der Waals surface area contributed by atoms with Crippen molar-refractivity contribution < 1.29 is 14.6 Å². The van der Waals surface area contributed by atoms with Crippen LogP contribution in [0.3, 0.4) is 0 Å². The first-order valence-corrected chi connectivity index (χ1v) is 5.01. The van der Waals surface area contributed by atoms with Crippen molar-refractivity contribution in [2.75, 3.05) is 6.61 Å². The molecule has 16 heavy (non-hydrogen) atoms. The van der Waals surface area contributed by atoms with Crippen LogP contribution in [0.15, 0.2) is 18.2 Å². The molecule has 0 aliphatic carbocycles. The zero-order chi connectivity index (χ0) is 12.0. The summed E-state index contributed by atoms with van der Waals surface area (Å²) in [5, 5.41) is 8.57.